The van der Waals surface area contributed by atoms with Crippen LogP contribution in [0.3, 0.4) is 0 Å². The molecule has 3 heterocycles. The van der Waals surface area contributed by atoms with E-state index in [9.17, 15) is 0 Å². The molecule has 0 radical (unpaired) electrons. The third-order valence-corrected chi connectivity index (χ3v) is 4.42. The Morgan fingerprint density at radius 1 is 1.29 bits per heavy atom. The van der Waals surface area contributed by atoms with E-state index < -0.39 is 0 Å². The minimum atomic E-state index is 0.537. The van der Waals surface area contributed by atoms with Crippen LogP contribution in [0.25, 0.3) is 0 Å². The first-order valence-electron chi connectivity index (χ1n) is 5.41. The second kappa shape index (κ2) is 3.07. The summed E-state index contributed by atoms with van der Waals surface area (Å²) < 4.78 is 5.91. The molecule has 3 nitrogen and oxygen atoms in total. The van der Waals surface area contributed by atoms with E-state index in [2.05, 4.69) is 10.2 Å². The fourth-order valence-corrected chi connectivity index (χ4v) is 3.43. The molecule has 0 aromatic heterocycles. The van der Waals surface area contributed by atoms with Crippen LogP contribution in [0.1, 0.15) is 12.8 Å². The van der Waals surface area contributed by atoms with E-state index in [0.29, 0.717) is 12.2 Å². The van der Waals surface area contributed by atoms with Crippen LogP contribution >= 0.6 is 12.2 Å². The number of likely N-dealkylation sites (tertiary alicyclic amines) is 1. The second-order valence-corrected chi connectivity index (χ2v) is 4.96. The van der Waals surface area contributed by atoms with Gasteiger partial charge in [-0.2, -0.15) is 0 Å². The van der Waals surface area contributed by atoms with E-state index in [1.54, 1.807) is 0 Å². The van der Waals surface area contributed by atoms with Crippen LogP contribution in [0.5, 0.6) is 0 Å². The summed E-state index contributed by atoms with van der Waals surface area (Å²) in [4.78, 5) is 2.30. The van der Waals surface area contributed by atoms with Crippen LogP contribution < -0.4 is 5.32 Å². The fourth-order valence-electron chi connectivity index (χ4n) is 3.28. The molecule has 3 rings (SSSR count). The van der Waals surface area contributed by atoms with Gasteiger partial charge >= 0.3 is 0 Å². The molecule has 3 aliphatic rings. The summed E-state index contributed by atoms with van der Waals surface area (Å²) in [6.07, 6.45) is 3.61. The molecular weight excluding hydrogens is 196 g/mol. The summed E-state index contributed by atoms with van der Waals surface area (Å²) in [5.41, 5.74) is 0. The maximum absolute atomic E-state index is 5.91. The molecule has 0 amide bonds. The van der Waals surface area contributed by atoms with E-state index in [1.807, 2.05) is 7.05 Å². The lowest BCUT2D eigenvalue weighted by molar-refractivity contribution is 0.0769. The van der Waals surface area contributed by atoms with Gasteiger partial charge in [0.2, 0.25) is 0 Å². The molecule has 4 heteroatoms. The van der Waals surface area contributed by atoms with Crippen molar-refractivity contribution in [1.82, 2.24) is 10.2 Å². The molecule has 1 N–H and O–H groups in total. The number of fused-ring (bicyclic) bond motifs is 5. The second-order valence-electron chi connectivity index (χ2n) is 4.58. The van der Waals surface area contributed by atoms with Crippen LogP contribution in [0, 0.1) is 11.8 Å². The lowest BCUT2D eigenvalue weighted by Gasteiger charge is -2.20. The molecule has 4 atom stereocenters. The molecule has 0 aliphatic carbocycles. The van der Waals surface area contributed by atoms with Gasteiger partial charge in [-0.15, -0.1) is 0 Å². The Balaban J connectivity index is 1.73. The minimum absolute atomic E-state index is 0.537. The van der Waals surface area contributed by atoms with Gasteiger partial charge in [0.05, 0.1) is 12.2 Å². The Hall–Kier alpha value is -0.350. The highest BCUT2D eigenvalue weighted by molar-refractivity contribution is 7.80. The van der Waals surface area contributed by atoms with Gasteiger partial charge in [0.25, 0.3) is 0 Å². The van der Waals surface area contributed by atoms with E-state index in [4.69, 9.17) is 17.0 Å². The average Bonchev–Trinajstić information content (AvgIpc) is 2.87. The number of nitrogens with one attached hydrogen (secondary N) is 1. The maximum Gasteiger partial charge on any atom is 0.168 e. The quantitative estimate of drug-likeness (QED) is 0.594. The van der Waals surface area contributed by atoms with Crippen LogP contribution in [0.4, 0.5) is 0 Å². The number of nitrogens with zero attached hydrogens (tertiary/aromatic N) is 1. The Bertz CT molecular complexity index is 253. The molecule has 3 fully saturated rings. The largest absolute Gasteiger partial charge is 0.374 e. The van der Waals surface area contributed by atoms with Gasteiger partial charge in [-0.05, 0) is 25.1 Å². The summed E-state index contributed by atoms with van der Waals surface area (Å²) in [5, 5.41) is 3.96. The van der Waals surface area contributed by atoms with Gasteiger partial charge in [-0.1, -0.05) is 0 Å². The van der Waals surface area contributed by atoms with Crippen LogP contribution in [0.2, 0.25) is 0 Å². The first-order chi connectivity index (χ1) is 6.79. The Labute approximate surface area is 89.8 Å². The summed E-state index contributed by atoms with van der Waals surface area (Å²) >= 11 is 5.26. The number of thiocarbonyl (C=S) groups is 1. The Morgan fingerprint density at radius 2 is 1.86 bits per heavy atom. The van der Waals surface area contributed by atoms with Gasteiger partial charge in [0.15, 0.2) is 5.11 Å². The summed E-state index contributed by atoms with van der Waals surface area (Å²) in [7, 11) is 1.90. The molecule has 0 aromatic rings. The zero-order valence-electron chi connectivity index (χ0n) is 8.40. The van der Waals surface area contributed by atoms with Gasteiger partial charge < -0.3 is 15.0 Å². The molecule has 3 aliphatic heterocycles. The smallest absolute Gasteiger partial charge is 0.168 e. The number of ether oxygens (including phenoxy) is 1. The maximum atomic E-state index is 5.91. The Kier molecular flexibility index (Phi) is 1.96. The van der Waals surface area contributed by atoms with Crippen LogP contribution in [0.15, 0.2) is 0 Å². The molecule has 0 spiro atoms. The molecular formula is C10H16N2OS. The van der Waals surface area contributed by atoms with Crippen LogP contribution in [-0.4, -0.2) is 42.4 Å². The van der Waals surface area contributed by atoms with Crippen LogP contribution in [-0.2, 0) is 4.74 Å². The lowest BCUT2D eigenvalue weighted by Crippen LogP contribution is -2.37. The van der Waals surface area contributed by atoms with E-state index in [1.165, 1.54) is 12.8 Å². The van der Waals surface area contributed by atoms with Gasteiger partial charge in [0.1, 0.15) is 0 Å². The summed E-state index contributed by atoms with van der Waals surface area (Å²) in [6, 6.07) is 0. The highest BCUT2D eigenvalue weighted by Crippen LogP contribution is 2.47. The first kappa shape index (κ1) is 8.92. The van der Waals surface area contributed by atoms with Gasteiger partial charge in [-0.25, -0.2) is 0 Å². The van der Waals surface area contributed by atoms with E-state index >= 15 is 0 Å². The molecule has 3 saturated heterocycles. The number of rotatable bonds is 0. The topological polar surface area (TPSA) is 24.5 Å². The normalized spacial score (nSPS) is 44.2. The predicted molar refractivity (Wildman–Crippen MR) is 58.1 cm³/mol. The fraction of sp³-hybridized carbons (Fsp3) is 0.900. The zero-order chi connectivity index (χ0) is 9.71. The van der Waals surface area contributed by atoms with Crippen molar-refractivity contribution in [3.05, 3.63) is 0 Å². The first-order valence-corrected chi connectivity index (χ1v) is 5.82. The minimum Gasteiger partial charge on any atom is -0.374 e. The van der Waals surface area contributed by atoms with Crippen molar-refractivity contribution in [1.29, 1.82) is 0 Å². The van der Waals surface area contributed by atoms with Crippen molar-refractivity contribution in [3.63, 3.8) is 0 Å². The van der Waals surface area contributed by atoms with Gasteiger partial charge in [-0.3, -0.25) is 0 Å². The van der Waals surface area contributed by atoms with Crippen molar-refractivity contribution in [2.24, 2.45) is 11.8 Å². The molecule has 14 heavy (non-hydrogen) atoms. The molecule has 0 aromatic carbocycles. The van der Waals surface area contributed by atoms with E-state index in [-0.39, 0.29) is 0 Å². The molecule has 0 unspecified atom stereocenters. The number of hydrogen-bond donors (Lipinski definition) is 1. The third kappa shape index (κ3) is 1.10. The van der Waals surface area contributed by atoms with Crippen molar-refractivity contribution in [3.8, 4) is 0 Å². The molecule has 0 saturated carbocycles. The monoisotopic (exact) mass is 212 g/mol. The predicted octanol–water partition coefficient (Wildman–Crippen LogP) is 0.600. The SMILES string of the molecule is CNC(=S)N1C[C@@H]2[C@H](C1)[C@@H]1CC[C@@H]2O1. The van der Waals surface area contributed by atoms with Gasteiger partial charge in [0, 0.05) is 32.0 Å². The van der Waals surface area contributed by atoms with Crippen molar-refractivity contribution in [2.75, 3.05) is 20.1 Å². The van der Waals surface area contributed by atoms with Crippen molar-refractivity contribution >= 4 is 17.3 Å². The van der Waals surface area contributed by atoms with Crippen molar-refractivity contribution in [2.45, 2.75) is 25.0 Å². The molecule has 78 valence electrons. The lowest BCUT2D eigenvalue weighted by atomic mass is 9.82. The highest BCUT2D eigenvalue weighted by atomic mass is 32.1. The van der Waals surface area contributed by atoms with E-state index in [0.717, 1.165) is 30.0 Å². The molecule has 2 bridgehead atoms. The third-order valence-electron chi connectivity index (χ3n) is 3.95. The highest BCUT2D eigenvalue weighted by Gasteiger charge is 2.53. The van der Waals surface area contributed by atoms with Crippen molar-refractivity contribution < 1.29 is 4.74 Å². The number of hydrogen-bond acceptors (Lipinski definition) is 2. The standard InChI is InChI=1S/C10H16N2OS/c1-11-10(14)12-4-6-7(5-12)9-3-2-8(6)13-9/h6-9H,2-5H2,1H3,(H,11,14)/t6-,7+,8-,9-/m0/s1. The summed E-state index contributed by atoms with van der Waals surface area (Å²) in [5.74, 6) is 1.50. The Morgan fingerprint density at radius 3 is 2.36 bits per heavy atom. The summed E-state index contributed by atoms with van der Waals surface area (Å²) in [6.45, 7) is 2.21. The zero-order valence-corrected chi connectivity index (χ0v) is 9.22. The average molecular weight is 212 g/mol.